The molecule has 140 valence electrons. The van der Waals surface area contributed by atoms with Gasteiger partial charge in [0, 0.05) is 22.6 Å². The van der Waals surface area contributed by atoms with Crippen LogP contribution in [0.5, 0.6) is 0 Å². The number of thiazole rings is 1. The Hall–Kier alpha value is -2.63. The third-order valence-electron chi connectivity index (χ3n) is 4.46. The zero-order chi connectivity index (χ0) is 19.5. The second kappa shape index (κ2) is 8.17. The lowest BCUT2D eigenvalue weighted by atomic mass is 10.1. The zero-order valence-electron chi connectivity index (χ0n) is 15.7. The summed E-state index contributed by atoms with van der Waals surface area (Å²) in [6.07, 6.45) is 2.07. The van der Waals surface area contributed by atoms with Crippen LogP contribution in [0, 0.1) is 6.92 Å². The van der Waals surface area contributed by atoms with E-state index in [-0.39, 0.29) is 5.91 Å². The summed E-state index contributed by atoms with van der Waals surface area (Å²) >= 11 is 3.45. The highest BCUT2D eigenvalue weighted by Gasteiger charge is 2.09. The van der Waals surface area contributed by atoms with Gasteiger partial charge in [0.25, 0.3) is 5.91 Å². The van der Waals surface area contributed by atoms with Crippen LogP contribution >= 0.6 is 23.1 Å². The topological polar surface area (TPSA) is 42.0 Å². The highest BCUT2D eigenvalue weighted by molar-refractivity contribution is 7.97. The van der Waals surface area contributed by atoms with Crippen molar-refractivity contribution >= 4 is 44.9 Å². The average Bonchev–Trinajstić information content (AvgIpc) is 3.12. The lowest BCUT2D eigenvalue weighted by Gasteiger charge is -2.07. The maximum absolute atomic E-state index is 12.5. The number of hydrogen-bond acceptors (Lipinski definition) is 4. The van der Waals surface area contributed by atoms with Crippen molar-refractivity contribution in [3.8, 4) is 10.6 Å². The number of thioether (sulfide) groups is 1. The summed E-state index contributed by atoms with van der Waals surface area (Å²) in [5, 5.41) is 3.95. The third-order valence-corrected chi connectivity index (χ3v) is 6.15. The molecule has 3 aromatic carbocycles. The van der Waals surface area contributed by atoms with Crippen molar-refractivity contribution in [2.75, 3.05) is 11.6 Å². The number of amides is 1. The molecule has 0 aliphatic carbocycles. The van der Waals surface area contributed by atoms with Gasteiger partial charge < -0.3 is 5.32 Å². The van der Waals surface area contributed by atoms with Crippen molar-refractivity contribution in [1.82, 2.24) is 4.98 Å². The number of carbonyl (C=O) groups excluding carboxylic acids is 1. The second-order valence-corrected chi connectivity index (χ2v) is 8.55. The maximum Gasteiger partial charge on any atom is 0.255 e. The number of fused-ring (bicyclic) bond motifs is 1. The van der Waals surface area contributed by atoms with Gasteiger partial charge in [-0.25, -0.2) is 4.98 Å². The van der Waals surface area contributed by atoms with Gasteiger partial charge in [-0.05, 0) is 72.8 Å². The van der Waals surface area contributed by atoms with Gasteiger partial charge in [0.1, 0.15) is 5.01 Å². The van der Waals surface area contributed by atoms with E-state index in [4.69, 9.17) is 4.98 Å². The SMILES string of the molecule is CSCc1ccc(C(=O)Nc2ccc(-c3nc4ccc(C)cc4s3)cc2)cc1. The summed E-state index contributed by atoms with van der Waals surface area (Å²) in [6, 6.07) is 21.9. The van der Waals surface area contributed by atoms with Crippen molar-refractivity contribution in [1.29, 1.82) is 0 Å². The van der Waals surface area contributed by atoms with Crippen LogP contribution in [0.15, 0.2) is 66.7 Å². The van der Waals surface area contributed by atoms with Crippen LogP contribution < -0.4 is 5.32 Å². The van der Waals surface area contributed by atoms with Gasteiger partial charge in [0.15, 0.2) is 0 Å². The van der Waals surface area contributed by atoms with E-state index in [0.717, 1.165) is 27.5 Å². The number of anilines is 1. The van der Waals surface area contributed by atoms with Gasteiger partial charge in [-0.3, -0.25) is 4.79 Å². The lowest BCUT2D eigenvalue weighted by molar-refractivity contribution is 0.102. The Morgan fingerprint density at radius 3 is 2.50 bits per heavy atom. The first-order chi connectivity index (χ1) is 13.6. The smallest absolute Gasteiger partial charge is 0.255 e. The Balaban J connectivity index is 1.48. The van der Waals surface area contributed by atoms with Gasteiger partial charge in [-0.2, -0.15) is 11.8 Å². The minimum absolute atomic E-state index is 0.0982. The number of aromatic nitrogens is 1. The van der Waals surface area contributed by atoms with Crippen molar-refractivity contribution < 1.29 is 4.79 Å². The van der Waals surface area contributed by atoms with Gasteiger partial charge in [0.2, 0.25) is 0 Å². The standard InChI is InChI=1S/C23H20N2OS2/c1-15-3-12-20-21(13-15)28-23(25-20)18-8-10-19(11-9-18)24-22(26)17-6-4-16(5-7-17)14-27-2/h3-13H,14H2,1-2H3,(H,24,26). The van der Waals surface area contributed by atoms with Crippen molar-refractivity contribution in [2.45, 2.75) is 12.7 Å². The summed E-state index contributed by atoms with van der Waals surface area (Å²) in [6.45, 7) is 2.09. The van der Waals surface area contributed by atoms with Crippen LogP contribution in [-0.2, 0) is 5.75 Å². The molecule has 0 radical (unpaired) electrons. The Labute approximate surface area is 172 Å². The van der Waals surface area contributed by atoms with Crippen LogP contribution in [-0.4, -0.2) is 17.1 Å². The molecule has 5 heteroatoms. The molecule has 4 aromatic rings. The summed E-state index contributed by atoms with van der Waals surface area (Å²) in [7, 11) is 0. The third kappa shape index (κ3) is 4.11. The van der Waals surface area contributed by atoms with E-state index in [9.17, 15) is 4.79 Å². The van der Waals surface area contributed by atoms with Crippen LogP contribution in [0.1, 0.15) is 21.5 Å². The van der Waals surface area contributed by atoms with E-state index in [1.165, 1.54) is 15.8 Å². The Bertz CT molecular complexity index is 1120. The van der Waals surface area contributed by atoms with Gasteiger partial charge >= 0.3 is 0 Å². The quantitative estimate of drug-likeness (QED) is 0.419. The number of carbonyl (C=O) groups is 1. The van der Waals surface area contributed by atoms with E-state index in [0.29, 0.717) is 5.56 Å². The zero-order valence-corrected chi connectivity index (χ0v) is 17.4. The summed E-state index contributed by atoms with van der Waals surface area (Å²) < 4.78 is 1.19. The highest BCUT2D eigenvalue weighted by Crippen LogP contribution is 2.31. The fraction of sp³-hybridized carbons (Fsp3) is 0.130. The van der Waals surface area contributed by atoms with E-state index in [1.54, 1.807) is 23.1 Å². The predicted octanol–water partition coefficient (Wildman–Crippen LogP) is 6.39. The van der Waals surface area contributed by atoms with Crippen molar-refractivity contribution in [2.24, 2.45) is 0 Å². The monoisotopic (exact) mass is 404 g/mol. The molecule has 0 aliphatic rings. The number of nitrogens with one attached hydrogen (secondary N) is 1. The first kappa shape index (κ1) is 18.7. The van der Waals surface area contributed by atoms with Gasteiger partial charge in [0.05, 0.1) is 10.2 Å². The molecule has 0 saturated carbocycles. The van der Waals surface area contributed by atoms with E-state index >= 15 is 0 Å². The number of aryl methyl sites for hydroxylation is 1. The molecule has 0 spiro atoms. The molecular formula is C23H20N2OS2. The summed E-state index contributed by atoms with van der Waals surface area (Å²) in [5.74, 6) is 0.855. The van der Waals surface area contributed by atoms with Crippen LogP contribution in [0.4, 0.5) is 5.69 Å². The van der Waals surface area contributed by atoms with Crippen molar-refractivity contribution in [3.05, 3.63) is 83.4 Å². The van der Waals surface area contributed by atoms with Gasteiger partial charge in [-0.1, -0.05) is 18.2 Å². The first-order valence-corrected chi connectivity index (χ1v) is 11.2. The second-order valence-electron chi connectivity index (χ2n) is 6.65. The van der Waals surface area contributed by atoms with E-state index in [2.05, 4.69) is 36.7 Å². The minimum atomic E-state index is -0.0982. The molecule has 3 nitrogen and oxygen atoms in total. The van der Waals surface area contributed by atoms with E-state index < -0.39 is 0 Å². The Kier molecular flexibility index (Phi) is 5.46. The molecule has 1 amide bonds. The van der Waals surface area contributed by atoms with E-state index in [1.807, 2.05) is 48.5 Å². The molecule has 1 N–H and O–H groups in total. The summed E-state index contributed by atoms with van der Waals surface area (Å²) in [5.41, 5.74) is 5.97. The fourth-order valence-corrected chi connectivity index (χ4v) is 4.57. The average molecular weight is 405 g/mol. The van der Waals surface area contributed by atoms with Crippen LogP contribution in [0.2, 0.25) is 0 Å². The Morgan fingerprint density at radius 2 is 1.79 bits per heavy atom. The normalized spacial score (nSPS) is 10.9. The molecule has 1 aromatic heterocycles. The molecule has 0 bridgehead atoms. The number of nitrogens with zero attached hydrogens (tertiary/aromatic N) is 1. The number of rotatable bonds is 5. The molecule has 4 rings (SSSR count). The molecule has 0 fully saturated rings. The highest BCUT2D eigenvalue weighted by atomic mass is 32.2. The number of hydrogen-bond donors (Lipinski definition) is 1. The number of benzene rings is 3. The first-order valence-electron chi connectivity index (χ1n) is 8.99. The van der Waals surface area contributed by atoms with Gasteiger partial charge in [-0.15, -0.1) is 11.3 Å². The summed E-state index contributed by atoms with van der Waals surface area (Å²) in [4.78, 5) is 17.2. The fourth-order valence-electron chi connectivity index (χ4n) is 2.97. The van der Waals surface area contributed by atoms with Crippen molar-refractivity contribution in [3.63, 3.8) is 0 Å². The molecule has 0 atom stereocenters. The predicted molar refractivity (Wildman–Crippen MR) is 121 cm³/mol. The molecule has 0 aliphatic heterocycles. The van der Waals surface area contributed by atoms with Crippen LogP contribution in [0.3, 0.4) is 0 Å². The largest absolute Gasteiger partial charge is 0.322 e. The maximum atomic E-state index is 12.5. The van der Waals surface area contributed by atoms with Crippen LogP contribution in [0.25, 0.3) is 20.8 Å². The molecule has 1 heterocycles. The Morgan fingerprint density at radius 1 is 1.04 bits per heavy atom. The molecule has 0 saturated heterocycles. The molecule has 0 unspecified atom stereocenters. The lowest BCUT2D eigenvalue weighted by Crippen LogP contribution is -2.11. The molecular weight excluding hydrogens is 384 g/mol. The molecule has 28 heavy (non-hydrogen) atoms. The minimum Gasteiger partial charge on any atom is -0.322 e.